The SMILES string of the molecule is CCNCC/C=C1/C[C@@H](c2cc(CO)cc(NC[C@H](C)O)c2)C#C[C@H]2CC(=O)Oc3cc(O)c(cc32)C[C@H]([C@]2(O)CCC[C@@H]3CC(=O)CC[C@@H]32)OC1=O. The van der Waals surface area contributed by atoms with E-state index in [0.29, 0.717) is 73.0 Å². The van der Waals surface area contributed by atoms with Crippen molar-refractivity contribution in [1.82, 2.24) is 5.32 Å². The first-order valence-electron chi connectivity index (χ1n) is 19.1. The molecule has 53 heavy (non-hydrogen) atoms. The van der Waals surface area contributed by atoms with E-state index >= 15 is 0 Å². The maximum Gasteiger partial charge on any atom is 0.334 e. The molecule has 2 fully saturated rings. The molecule has 11 nitrogen and oxygen atoms in total. The number of nitrogens with one attached hydrogen (secondary N) is 2. The topological polar surface area (TPSA) is 175 Å². The number of carbonyl (C=O) groups is 3. The van der Waals surface area contributed by atoms with Gasteiger partial charge in [0.1, 0.15) is 29.0 Å². The summed E-state index contributed by atoms with van der Waals surface area (Å²) in [6, 6.07) is 8.66. The van der Waals surface area contributed by atoms with Gasteiger partial charge in [-0.1, -0.05) is 37.3 Å². The normalized spacial score (nSPS) is 28.6. The minimum atomic E-state index is -1.45. The number of benzene rings is 2. The molecule has 0 aromatic heterocycles. The zero-order valence-electron chi connectivity index (χ0n) is 30.7. The fourth-order valence-corrected chi connectivity index (χ4v) is 8.56. The molecule has 2 aromatic carbocycles. The van der Waals surface area contributed by atoms with Gasteiger partial charge in [-0.05, 0) is 98.8 Å². The Kier molecular flexibility index (Phi) is 12.2. The third kappa shape index (κ3) is 8.95. The number of Topliss-reactive ketones (excluding diaryl/α,β-unsaturated/α-hetero) is 1. The van der Waals surface area contributed by atoms with Gasteiger partial charge in [-0.25, -0.2) is 4.79 Å². The molecule has 2 saturated carbocycles. The Balaban J connectivity index is 1.49. The van der Waals surface area contributed by atoms with Crippen molar-refractivity contribution in [2.24, 2.45) is 11.8 Å². The van der Waals surface area contributed by atoms with Crippen LogP contribution in [0, 0.1) is 23.7 Å². The standard InChI is InChI=1S/C42H52N2O9/c1-3-43-13-5-7-30-16-27(31-14-26(24-45)15-33(17-31)44-23-25(2)46)8-9-28-21-40(49)52-38-22-37(48)32(19-35(28)38)20-39(53-41(30)50)42(51)12-4-6-29-18-34(47)10-11-36(29)42/h7,14-15,17,19,22,25,27-29,36,39,43-46,48,51H,3-6,10-13,16,18,20-21,23-24H2,1-2H3/b30-7-/t25-,27-,28-,29+,36-,39+,42-/m0/s1. The van der Waals surface area contributed by atoms with Crippen LogP contribution in [0.4, 0.5) is 5.69 Å². The molecular weight excluding hydrogens is 676 g/mol. The maximum atomic E-state index is 14.5. The number of rotatable bonds is 10. The van der Waals surface area contributed by atoms with Crippen molar-refractivity contribution >= 4 is 23.4 Å². The third-order valence-electron chi connectivity index (χ3n) is 11.3. The van der Waals surface area contributed by atoms with Gasteiger partial charge < -0.3 is 40.5 Å². The molecule has 0 amide bonds. The number of aliphatic hydroxyl groups is 3. The summed E-state index contributed by atoms with van der Waals surface area (Å²) >= 11 is 0. The first-order chi connectivity index (χ1) is 25.5. The minimum Gasteiger partial charge on any atom is -0.508 e. The monoisotopic (exact) mass is 728 g/mol. The molecule has 0 unspecified atom stereocenters. The molecular formula is C42H52N2O9. The van der Waals surface area contributed by atoms with E-state index in [-0.39, 0.29) is 61.5 Å². The number of ether oxygens (including phenoxy) is 2. The predicted octanol–water partition coefficient (Wildman–Crippen LogP) is 4.54. The Bertz CT molecular complexity index is 1790. The maximum absolute atomic E-state index is 14.5. The molecule has 2 bridgehead atoms. The lowest BCUT2D eigenvalue weighted by molar-refractivity contribution is -0.187. The lowest BCUT2D eigenvalue weighted by atomic mass is 9.60. The predicted molar refractivity (Wildman–Crippen MR) is 198 cm³/mol. The number of hydrogen-bond acceptors (Lipinski definition) is 11. The average Bonchev–Trinajstić information content (AvgIpc) is 3.13. The first kappa shape index (κ1) is 38.5. The van der Waals surface area contributed by atoms with Crippen LogP contribution in [0.15, 0.2) is 42.0 Å². The molecule has 0 saturated heterocycles. The van der Waals surface area contributed by atoms with Crippen LogP contribution < -0.4 is 15.4 Å². The number of fused-ring (bicyclic) bond motifs is 2. The number of anilines is 1. The Morgan fingerprint density at radius 1 is 1.04 bits per heavy atom. The van der Waals surface area contributed by atoms with Crippen molar-refractivity contribution in [2.75, 3.05) is 25.0 Å². The van der Waals surface area contributed by atoms with E-state index < -0.39 is 41.6 Å². The second-order valence-electron chi connectivity index (χ2n) is 15.1. The zero-order valence-corrected chi connectivity index (χ0v) is 30.7. The van der Waals surface area contributed by atoms with Crippen molar-refractivity contribution in [1.29, 1.82) is 0 Å². The fourth-order valence-electron chi connectivity index (χ4n) is 8.56. The van der Waals surface area contributed by atoms with E-state index in [1.54, 1.807) is 19.1 Å². The molecule has 11 heteroatoms. The molecule has 0 spiro atoms. The Hall–Kier alpha value is -4.21. The number of phenolic OH excluding ortho intramolecular Hbond substituents is 1. The highest BCUT2D eigenvalue weighted by molar-refractivity contribution is 5.89. The quantitative estimate of drug-likeness (QED) is 0.0667. The van der Waals surface area contributed by atoms with E-state index in [4.69, 9.17) is 9.47 Å². The number of aromatic hydroxyl groups is 1. The van der Waals surface area contributed by atoms with Crippen LogP contribution in [0.25, 0.3) is 0 Å². The van der Waals surface area contributed by atoms with Crippen molar-refractivity contribution in [3.8, 4) is 23.3 Å². The molecule has 2 aromatic rings. The van der Waals surface area contributed by atoms with E-state index in [1.165, 1.54) is 6.07 Å². The van der Waals surface area contributed by atoms with Crippen LogP contribution >= 0.6 is 0 Å². The molecule has 0 radical (unpaired) electrons. The van der Waals surface area contributed by atoms with Gasteiger partial charge in [0.15, 0.2) is 0 Å². The van der Waals surface area contributed by atoms with Crippen LogP contribution in [0.3, 0.4) is 0 Å². The largest absolute Gasteiger partial charge is 0.508 e. The van der Waals surface area contributed by atoms with Crippen molar-refractivity contribution < 1.29 is 44.3 Å². The molecule has 2 aliphatic carbocycles. The number of cyclic esters (lactones) is 1. The number of aliphatic hydroxyl groups excluding tert-OH is 2. The number of phenols is 1. The van der Waals surface area contributed by atoms with E-state index in [9.17, 15) is 34.8 Å². The van der Waals surface area contributed by atoms with E-state index in [0.717, 1.165) is 18.5 Å². The molecule has 4 aliphatic rings. The van der Waals surface area contributed by atoms with Crippen LogP contribution in [0.2, 0.25) is 0 Å². The molecule has 7 atom stereocenters. The molecule has 2 aliphatic heterocycles. The van der Waals surface area contributed by atoms with Gasteiger partial charge >= 0.3 is 11.9 Å². The number of hydrogen-bond donors (Lipinski definition) is 6. The Morgan fingerprint density at radius 2 is 1.85 bits per heavy atom. The van der Waals surface area contributed by atoms with Gasteiger partial charge in [-0.3, -0.25) is 9.59 Å². The highest BCUT2D eigenvalue weighted by atomic mass is 16.6. The highest BCUT2D eigenvalue weighted by Gasteiger charge is 2.53. The van der Waals surface area contributed by atoms with E-state index in [1.807, 2.05) is 25.1 Å². The summed E-state index contributed by atoms with van der Waals surface area (Å²) in [6.45, 7) is 5.09. The smallest absolute Gasteiger partial charge is 0.334 e. The second kappa shape index (κ2) is 16.9. The molecule has 6 N–H and O–H groups in total. The van der Waals surface area contributed by atoms with Gasteiger partial charge in [0.25, 0.3) is 0 Å². The van der Waals surface area contributed by atoms with Crippen molar-refractivity contribution in [3.05, 3.63) is 64.2 Å². The average molecular weight is 729 g/mol. The summed E-state index contributed by atoms with van der Waals surface area (Å²) in [7, 11) is 0. The second-order valence-corrected chi connectivity index (χ2v) is 15.1. The van der Waals surface area contributed by atoms with E-state index in [2.05, 4.69) is 22.5 Å². The summed E-state index contributed by atoms with van der Waals surface area (Å²) in [6.07, 6.45) is 3.95. The van der Waals surface area contributed by atoms with Gasteiger partial charge in [0.2, 0.25) is 0 Å². The van der Waals surface area contributed by atoms with Gasteiger partial charge in [0.05, 0.1) is 25.0 Å². The lowest BCUT2D eigenvalue weighted by Gasteiger charge is -2.50. The van der Waals surface area contributed by atoms with Gasteiger partial charge in [-0.2, -0.15) is 0 Å². The number of ketones is 1. The molecule has 2 heterocycles. The van der Waals surface area contributed by atoms with Crippen molar-refractivity contribution in [2.45, 2.75) is 114 Å². The first-order valence-corrected chi connectivity index (χ1v) is 19.1. The highest BCUT2D eigenvalue weighted by Crippen LogP contribution is 2.49. The summed E-state index contributed by atoms with van der Waals surface area (Å²) in [5.41, 5.74) is 1.99. The fraction of sp³-hybridized carbons (Fsp3) is 0.548. The Morgan fingerprint density at radius 3 is 2.62 bits per heavy atom. The van der Waals surface area contributed by atoms with Crippen molar-refractivity contribution in [3.63, 3.8) is 0 Å². The summed E-state index contributed by atoms with van der Waals surface area (Å²) in [5, 5.41) is 50.6. The number of esters is 2. The molecule has 6 rings (SSSR count). The van der Waals surface area contributed by atoms with Crippen LogP contribution in [0.5, 0.6) is 11.5 Å². The lowest BCUT2D eigenvalue weighted by Crippen LogP contribution is -2.57. The zero-order chi connectivity index (χ0) is 37.7. The minimum absolute atomic E-state index is 0.0115. The van der Waals surface area contributed by atoms with Gasteiger partial charge in [0, 0.05) is 54.6 Å². The van der Waals surface area contributed by atoms with Crippen LogP contribution in [-0.2, 0) is 32.1 Å². The van der Waals surface area contributed by atoms with Gasteiger partial charge in [-0.15, -0.1) is 0 Å². The summed E-state index contributed by atoms with van der Waals surface area (Å²) < 4.78 is 12.0. The summed E-state index contributed by atoms with van der Waals surface area (Å²) in [4.78, 5) is 39.9. The Labute approximate surface area is 311 Å². The van der Waals surface area contributed by atoms with Crippen LogP contribution in [-0.4, -0.2) is 75.6 Å². The van der Waals surface area contributed by atoms with Crippen LogP contribution in [0.1, 0.15) is 106 Å². The molecule has 284 valence electrons. The summed E-state index contributed by atoms with van der Waals surface area (Å²) in [5.74, 6) is 4.41. The number of carbonyl (C=O) groups excluding carboxylic acids is 3. The third-order valence-corrected chi connectivity index (χ3v) is 11.3.